The van der Waals surface area contributed by atoms with Crippen LogP contribution in [0.3, 0.4) is 0 Å². The molecular weight excluding hydrogens is 780 g/mol. The van der Waals surface area contributed by atoms with Crippen LogP contribution in [0.15, 0.2) is 24.3 Å². The average Bonchev–Trinajstić information content (AvgIpc) is 3.21. The van der Waals surface area contributed by atoms with E-state index in [2.05, 4.69) is 31.3 Å². The number of likely N-dealkylation sites (N-methyl/N-ethyl adjacent to an activating group) is 1. The van der Waals surface area contributed by atoms with E-state index in [1.165, 1.54) is 193 Å². The van der Waals surface area contributed by atoms with Gasteiger partial charge >= 0.3 is 0 Å². The first-order valence-electron chi connectivity index (χ1n) is 26.2. The second kappa shape index (κ2) is 44.2. The molecule has 61 heavy (non-hydrogen) atoms. The van der Waals surface area contributed by atoms with Crippen molar-refractivity contribution in [3.8, 4) is 0 Å². The van der Waals surface area contributed by atoms with E-state index < -0.39 is 20.0 Å². The highest BCUT2D eigenvalue weighted by Crippen LogP contribution is 2.38. The average molecular weight is 883 g/mol. The second-order valence-corrected chi connectivity index (χ2v) is 20.6. The lowest BCUT2D eigenvalue weighted by Gasteiger charge is -2.29. The maximum atomic E-state index is 12.9. The van der Waals surface area contributed by atoms with E-state index >= 15 is 0 Å². The van der Waals surface area contributed by atoms with Gasteiger partial charge in [0.2, 0.25) is 5.91 Å². The van der Waals surface area contributed by atoms with Crippen LogP contribution in [-0.4, -0.2) is 68.5 Å². The maximum absolute atomic E-state index is 12.9. The Morgan fingerprint density at radius 2 is 0.902 bits per heavy atom. The molecule has 3 unspecified atom stereocenters. The van der Waals surface area contributed by atoms with E-state index in [1.807, 2.05) is 27.2 Å². The number of hydrogen-bond donors (Lipinski definition) is 2. The molecule has 0 radical (unpaired) electrons. The summed E-state index contributed by atoms with van der Waals surface area (Å²) in [6.45, 7) is 4.66. The highest BCUT2D eigenvalue weighted by atomic mass is 31.2. The monoisotopic (exact) mass is 883 g/mol. The Balaban J connectivity index is 4.11. The molecule has 1 amide bonds. The van der Waals surface area contributed by atoms with Gasteiger partial charge in [-0.15, -0.1) is 0 Å². The third-order valence-corrected chi connectivity index (χ3v) is 12.9. The highest BCUT2D eigenvalue weighted by Gasteiger charge is 2.23. The van der Waals surface area contributed by atoms with Crippen LogP contribution in [0.5, 0.6) is 0 Å². The molecule has 2 N–H and O–H groups in total. The lowest BCUT2D eigenvalue weighted by atomic mass is 10.0. The number of carbonyl (C=O) groups excluding carboxylic acids is 1. The quantitative estimate of drug-likeness (QED) is 0.0273. The molecule has 0 heterocycles. The molecule has 8 nitrogen and oxygen atoms in total. The van der Waals surface area contributed by atoms with E-state index in [0.29, 0.717) is 17.4 Å². The predicted octanol–water partition coefficient (Wildman–Crippen LogP) is 14.6. The van der Waals surface area contributed by atoms with Crippen LogP contribution in [0.25, 0.3) is 0 Å². The summed E-state index contributed by atoms with van der Waals surface area (Å²) in [4.78, 5) is 25.4. The zero-order valence-electron chi connectivity index (χ0n) is 41.1. The van der Waals surface area contributed by atoms with Gasteiger partial charge in [-0.05, 0) is 44.9 Å². The van der Waals surface area contributed by atoms with Crippen molar-refractivity contribution in [1.82, 2.24) is 5.32 Å². The van der Waals surface area contributed by atoms with E-state index in [4.69, 9.17) is 9.05 Å². The first kappa shape index (κ1) is 60.0. The highest BCUT2D eigenvalue weighted by molar-refractivity contribution is 7.45. The summed E-state index contributed by atoms with van der Waals surface area (Å²) in [6, 6.07) is -0.882. The molecule has 9 heteroatoms. The van der Waals surface area contributed by atoms with Gasteiger partial charge in [-0.2, -0.15) is 0 Å². The van der Waals surface area contributed by atoms with E-state index in [1.54, 1.807) is 6.08 Å². The Morgan fingerprint density at radius 1 is 0.557 bits per heavy atom. The molecule has 362 valence electrons. The second-order valence-electron chi connectivity index (χ2n) is 19.2. The fourth-order valence-corrected chi connectivity index (χ4v) is 8.46. The fraction of sp³-hybridized carbons (Fsp3) is 0.904. The van der Waals surface area contributed by atoms with Crippen molar-refractivity contribution in [1.29, 1.82) is 0 Å². The van der Waals surface area contributed by atoms with Crippen LogP contribution < -0.4 is 10.2 Å². The molecule has 0 saturated heterocycles. The Hall–Kier alpha value is -1.02. The molecule has 0 saturated carbocycles. The summed E-state index contributed by atoms with van der Waals surface area (Å²) >= 11 is 0. The minimum absolute atomic E-state index is 0.000806. The fourth-order valence-electron chi connectivity index (χ4n) is 7.74. The Morgan fingerprint density at radius 3 is 1.28 bits per heavy atom. The van der Waals surface area contributed by atoms with Crippen LogP contribution in [-0.2, 0) is 18.4 Å². The van der Waals surface area contributed by atoms with Gasteiger partial charge in [-0.1, -0.05) is 224 Å². The Kier molecular flexibility index (Phi) is 43.5. The lowest BCUT2D eigenvalue weighted by molar-refractivity contribution is -0.870. The molecule has 0 fully saturated rings. The zero-order valence-corrected chi connectivity index (χ0v) is 42.0. The number of unbranched alkanes of at least 4 members (excludes halogenated alkanes) is 33. The van der Waals surface area contributed by atoms with E-state index in [9.17, 15) is 19.4 Å². The van der Waals surface area contributed by atoms with Gasteiger partial charge in [-0.25, -0.2) is 0 Å². The van der Waals surface area contributed by atoms with Crippen molar-refractivity contribution in [3.63, 3.8) is 0 Å². The minimum atomic E-state index is -4.59. The smallest absolute Gasteiger partial charge is 0.268 e. The molecule has 0 aromatic carbocycles. The van der Waals surface area contributed by atoms with E-state index in [-0.39, 0.29) is 19.1 Å². The maximum Gasteiger partial charge on any atom is 0.268 e. The molecule has 0 spiro atoms. The molecule has 0 aromatic rings. The van der Waals surface area contributed by atoms with Crippen molar-refractivity contribution in [2.75, 3.05) is 40.9 Å². The molecule has 0 aliphatic carbocycles. The summed E-state index contributed by atoms with van der Waals surface area (Å²) in [5, 5.41) is 13.8. The van der Waals surface area contributed by atoms with Crippen LogP contribution in [0.2, 0.25) is 0 Å². The van der Waals surface area contributed by atoms with Crippen LogP contribution in [0.1, 0.15) is 251 Å². The van der Waals surface area contributed by atoms with Gasteiger partial charge in [0.05, 0.1) is 39.9 Å². The lowest BCUT2D eigenvalue weighted by Crippen LogP contribution is -2.45. The Bertz CT molecular complexity index is 1050. The number of aliphatic hydroxyl groups is 1. The van der Waals surface area contributed by atoms with Crippen molar-refractivity contribution in [3.05, 3.63) is 24.3 Å². The number of rotatable bonds is 48. The van der Waals surface area contributed by atoms with Gasteiger partial charge in [0, 0.05) is 6.42 Å². The number of hydrogen-bond acceptors (Lipinski definition) is 6. The number of nitrogens with one attached hydrogen (secondary N) is 1. The third kappa shape index (κ3) is 46.8. The number of allylic oxidation sites excluding steroid dienone is 3. The minimum Gasteiger partial charge on any atom is -0.756 e. The molecule has 0 aromatic heterocycles. The zero-order chi connectivity index (χ0) is 45.0. The normalized spacial score (nSPS) is 14.3. The Labute approximate surface area is 379 Å². The van der Waals surface area contributed by atoms with Gasteiger partial charge < -0.3 is 28.8 Å². The predicted molar refractivity (Wildman–Crippen MR) is 261 cm³/mol. The third-order valence-electron chi connectivity index (χ3n) is 11.9. The summed E-state index contributed by atoms with van der Waals surface area (Å²) in [6.07, 6.45) is 53.9. The molecular formula is C52H103N2O6P. The molecule has 0 bridgehead atoms. The number of nitrogens with zero attached hydrogens (tertiary/aromatic N) is 1. The van der Waals surface area contributed by atoms with Crippen molar-refractivity contribution < 1.29 is 32.9 Å². The van der Waals surface area contributed by atoms with Gasteiger partial charge in [0.1, 0.15) is 13.2 Å². The standard InChI is InChI=1S/C52H103N2O6P/c1-6-8-10-12-14-16-18-20-21-22-23-24-25-26-27-28-29-30-31-32-33-34-36-38-40-42-44-46-52(56)53-50(49-60-61(57,58)59-48-47-54(3,4)5)51(55)45-43-41-39-37-35-19-17-15-13-11-9-7-2/h22-23,43,45,50-51,55H,6-21,24-42,44,46-49H2,1-5H3,(H-,53,56,57,58)/b23-22-,45-43+. The van der Waals surface area contributed by atoms with Gasteiger partial charge in [0.25, 0.3) is 7.82 Å². The van der Waals surface area contributed by atoms with Gasteiger partial charge in [0.15, 0.2) is 0 Å². The number of quaternary nitrogens is 1. The van der Waals surface area contributed by atoms with E-state index in [0.717, 1.165) is 38.5 Å². The molecule has 0 aliphatic heterocycles. The van der Waals surface area contributed by atoms with Gasteiger partial charge in [-0.3, -0.25) is 9.36 Å². The summed E-state index contributed by atoms with van der Waals surface area (Å²) in [7, 11) is 1.27. The SMILES string of the molecule is CCCCCCCCCC/C=C\CCCCCCCCCCCCCCCCCC(=O)NC(COP(=O)([O-])OCC[N+](C)(C)C)C(O)/C=C/CCCCCCCCCCCC. The number of amides is 1. The summed E-state index contributed by atoms with van der Waals surface area (Å²) in [5.74, 6) is -0.195. The summed E-state index contributed by atoms with van der Waals surface area (Å²) < 4.78 is 23.2. The van der Waals surface area contributed by atoms with Crippen LogP contribution >= 0.6 is 7.82 Å². The first-order chi connectivity index (χ1) is 29.5. The van der Waals surface area contributed by atoms with Crippen LogP contribution in [0.4, 0.5) is 0 Å². The number of phosphoric ester groups is 1. The largest absolute Gasteiger partial charge is 0.756 e. The molecule has 0 aliphatic rings. The number of phosphoric acid groups is 1. The number of aliphatic hydroxyl groups excluding tert-OH is 1. The van der Waals surface area contributed by atoms with Crippen molar-refractivity contribution >= 4 is 13.7 Å². The molecule has 3 atom stereocenters. The topological polar surface area (TPSA) is 108 Å². The van der Waals surface area contributed by atoms with Crippen molar-refractivity contribution in [2.45, 2.75) is 264 Å². The number of carbonyl (C=O) groups is 1. The summed E-state index contributed by atoms with van der Waals surface area (Å²) in [5.41, 5.74) is 0. The van der Waals surface area contributed by atoms with Crippen molar-refractivity contribution in [2.24, 2.45) is 0 Å². The first-order valence-corrected chi connectivity index (χ1v) is 27.7. The van der Waals surface area contributed by atoms with Crippen LogP contribution in [0, 0.1) is 0 Å². The molecule has 0 rings (SSSR count).